The third-order valence-electron chi connectivity index (χ3n) is 4.28. The van der Waals surface area contributed by atoms with Crippen LogP contribution in [0.5, 0.6) is 5.75 Å². The van der Waals surface area contributed by atoms with E-state index in [1.54, 1.807) is 0 Å². The summed E-state index contributed by atoms with van der Waals surface area (Å²) in [5.41, 5.74) is 2.74. The van der Waals surface area contributed by atoms with Crippen LogP contribution < -0.4 is 10.1 Å². The molecule has 3 nitrogen and oxygen atoms in total. The second-order valence-corrected chi connectivity index (χ2v) is 7.40. The minimum Gasteiger partial charge on any atom is -0.493 e. The van der Waals surface area contributed by atoms with E-state index in [1.165, 1.54) is 37.2 Å². The zero-order chi connectivity index (χ0) is 16.0. The van der Waals surface area contributed by atoms with Crippen LogP contribution in [0.15, 0.2) is 18.2 Å². The third kappa shape index (κ3) is 5.29. The van der Waals surface area contributed by atoms with Crippen molar-refractivity contribution in [2.75, 3.05) is 39.3 Å². The fourth-order valence-corrected chi connectivity index (χ4v) is 2.91. The van der Waals surface area contributed by atoms with Crippen molar-refractivity contribution in [2.45, 2.75) is 46.0 Å². The number of nitrogens with zero attached hydrogens (tertiary/aromatic N) is 1. The van der Waals surface area contributed by atoms with E-state index < -0.39 is 0 Å². The Hall–Kier alpha value is -1.06. The lowest BCUT2D eigenvalue weighted by molar-refractivity contribution is 0.225. The first-order valence-corrected chi connectivity index (χ1v) is 8.64. The molecule has 0 spiro atoms. The molecule has 0 amide bonds. The van der Waals surface area contributed by atoms with Crippen LogP contribution >= 0.6 is 0 Å². The van der Waals surface area contributed by atoms with E-state index in [1.807, 2.05) is 0 Å². The number of unbranched alkanes of at least 4 members (excludes halogenated alkanes) is 1. The van der Waals surface area contributed by atoms with Crippen molar-refractivity contribution >= 4 is 0 Å². The van der Waals surface area contributed by atoms with Crippen molar-refractivity contribution in [3.8, 4) is 5.75 Å². The summed E-state index contributed by atoms with van der Waals surface area (Å²) in [5, 5.41) is 3.40. The van der Waals surface area contributed by atoms with Gasteiger partial charge < -0.3 is 15.0 Å². The Kier molecular flexibility index (Phi) is 6.27. The third-order valence-corrected chi connectivity index (χ3v) is 4.28. The summed E-state index contributed by atoms with van der Waals surface area (Å²) in [5.74, 6) is 1.06. The van der Waals surface area contributed by atoms with Gasteiger partial charge in [0.25, 0.3) is 0 Å². The molecule has 0 aromatic heterocycles. The first kappa shape index (κ1) is 17.3. The zero-order valence-corrected chi connectivity index (χ0v) is 14.7. The Morgan fingerprint density at radius 1 is 1.14 bits per heavy atom. The van der Waals surface area contributed by atoms with Gasteiger partial charge in [0, 0.05) is 26.2 Å². The standard InChI is InChI=1S/C19H32N2O/c1-16-7-8-18(17(15-16)19(2,3)4)22-14-6-5-11-21-12-9-20-10-13-21/h7-8,15,20H,5-6,9-14H2,1-4H3. The summed E-state index contributed by atoms with van der Waals surface area (Å²) in [6.07, 6.45) is 2.35. The van der Waals surface area contributed by atoms with Gasteiger partial charge in [0.1, 0.15) is 5.75 Å². The van der Waals surface area contributed by atoms with Gasteiger partial charge in [-0.3, -0.25) is 0 Å². The predicted octanol–water partition coefficient (Wildman–Crippen LogP) is 3.36. The zero-order valence-electron chi connectivity index (χ0n) is 14.7. The van der Waals surface area contributed by atoms with Gasteiger partial charge in [-0.15, -0.1) is 0 Å². The lowest BCUT2D eigenvalue weighted by Gasteiger charge is -2.27. The number of hydrogen-bond acceptors (Lipinski definition) is 3. The van der Waals surface area contributed by atoms with E-state index in [2.05, 4.69) is 56.1 Å². The molecule has 1 aliphatic rings. The molecule has 1 N–H and O–H groups in total. The van der Waals surface area contributed by atoms with Crippen molar-refractivity contribution < 1.29 is 4.74 Å². The largest absolute Gasteiger partial charge is 0.493 e. The smallest absolute Gasteiger partial charge is 0.123 e. The minimum atomic E-state index is 0.127. The second-order valence-electron chi connectivity index (χ2n) is 7.40. The van der Waals surface area contributed by atoms with Gasteiger partial charge in [-0.1, -0.05) is 38.5 Å². The van der Waals surface area contributed by atoms with Gasteiger partial charge in [0.05, 0.1) is 6.61 Å². The summed E-state index contributed by atoms with van der Waals surface area (Å²) in [6, 6.07) is 6.54. The molecule has 0 saturated carbocycles. The Morgan fingerprint density at radius 3 is 2.55 bits per heavy atom. The highest BCUT2D eigenvalue weighted by Gasteiger charge is 2.19. The van der Waals surface area contributed by atoms with Crippen LogP contribution in [-0.2, 0) is 5.41 Å². The van der Waals surface area contributed by atoms with E-state index in [0.717, 1.165) is 31.9 Å². The monoisotopic (exact) mass is 304 g/mol. The van der Waals surface area contributed by atoms with Crippen LogP contribution in [0.2, 0.25) is 0 Å². The van der Waals surface area contributed by atoms with Crippen LogP contribution in [0, 0.1) is 6.92 Å². The molecule has 1 aromatic rings. The first-order valence-electron chi connectivity index (χ1n) is 8.64. The van der Waals surface area contributed by atoms with Crippen LogP contribution in [0.4, 0.5) is 0 Å². The Labute approximate surface area is 136 Å². The number of ether oxygens (including phenoxy) is 1. The number of rotatable bonds is 6. The van der Waals surface area contributed by atoms with Crippen molar-refractivity contribution in [2.24, 2.45) is 0 Å². The topological polar surface area (TPSA) is 24.5 Å². The van der Waals surface area contributed by atoms with Gasteiger partial charge in [-0.2, -0.15) is 0 Å². The Morgan fingerprint density at radius 2 is 1.86 bits per heavy atom. The summed E-state index contributed by atoms with van der Waals surface area (Å²) >= 11 is 0. The number of nitrogens with one attached hydrogen (secondary N) is 1. The van der Waals surface area contributed by atoms with E-state index >= 15 is 0 Å². The highest BCUT2D eigenvalue weighted by atomic mass is 16.5. The van der Waals surface area contributed by atoms with Crippen molar-refractivity contribution in [1.82, 2.24) is 10.2 Å². The van der Waals surface area contributed by atoms with Crippen LogP contribution in [0.1, 0.15) is 44.7 Å². The molecular weight excluding hydrogens is 272 g/mol. The molecule has 2 rings (SSSR count). The molecule has 0 atom stereocenters. The lowest BCUT2D eigenvalue weighted by Crippen LogP contribution is -2.43. The molecule has 1 aromatic carbocycles. The first-order chi connectivity index (χ1) is 10.5. The van der Waals surface area contributed by atoms with Crippen LogP contribution in [0.25, 0.3) is 0 Å². The number of hydrogen-bond donors (Lipinski definition) is 1. The summed E-state index contributed by atoms with van der Waals surface area (Å²) < 4.78 is 6.08. The Bertz CT molecular complexity index is 459. The molecule has 1 saturated heterocycles. The summed E-state index contributed by atoms with van der Waals surface area (Å²) in [6.45, 7) is 15.6. The maximum atomic E-state index is 6.08. The molecule has 3 heteroatoms. The highest BCUT2D eigenvalue weighted by molar-refractivity contribution is 5.41. The minimum absolute atomic E-state index is 0.127. The Balaban J connectivity index is 1.77. The molecule has 124 valence electrons. The van der Waals surface area contributed by atoms with Crippen molar-refractivity contribution in [3.05, 3.63) is 29.3 Å². The fourth-order valence-electron chi connectivity index (χ4n) is 2.91. The predicted molar refractivity (Wildman–Crippen MR) is 93.9 cm³/mol. The SMILES string of the molecule is Cc1ccc(OCCCCN2CCNCC2)c(C(C)(C)C)c1. The van der Waals surface area contributed by atoms with E-state index in [0.29, 0.717) is 0 Å². The van der Waals surface area contributed by atoms with Crippen LogP contribution in [-0.4, -0.2) is 44.2 Å². The van der Waals surface area contributed by atoms with Gasteiger partial charge in [-0.25, -0.2) is 0 Å². The van der Waals surface area contributed by atoms with Crippen molar-refractivity contribution in [3.63, 3.8) is 0 Å². The van der Waals surface area contributed by atoms with Crippen molar-refractivity contribution in [1.29, 1.82) is 0 Å². The lowest BCUT2D eigenvalue weighted by atomic mass is 9.85. The molecule has 1 aliphatic heterocycles. The average molecular weight is 304 g/mol. The number of aryl methyl sites for hydroxylation is 1. The fraction of sp³-hybridized carbons (Fsp3) is 0.684. The van der Waals surface area contributed by atoms with E-state index in [9.17, 15) is 0 Å². The number of piperazine rings is 1. The van der Waals surface area contributed by atoms with Gasteiger partial charge in [0.15, 0.2) is 0 Å². The number of benzene rings is 1. The molecular formula is C19H32N2O. The molecule has 1 heterocycles. The van der Waals surface area contributed by atoms with Gasteiger partial charge in [0.2, 0.25) is 0 Å². The molecule has 1 fully saturated rings. The van der Waals surface area contributed by atoms with Crippen LogP contribution in [0.3, 0.4) is 0 Å². The maximum absolute atomic E-state index is 6.08. The summed E-state index contributed by atoms with van der Waals surface area (Å²) in [7, 11) is 0. The molecule has 22 heavy (non-hydrogen) atoms. The van der Waals surface area contributed by atoms with Gasteiger partial charge in [-0.05, 0) is 43.4 Å². The highest BCUT2D eigenvalue weighted by Crippen LogP contribution is 2.32. The molecule has 0 radical (unpaired) electrons. The van der Waals surface area contributed by atoms with E-state index in [-0.39, 0.29) is 5.41 Å². The normalized spacial score (nSPS) is 16.7. The quantitative estimate of drug-likeness (QED) is 0.816. The maximum Gasteiger partial charge on any atom is 0.123 e. The molecule has 0 aliphatic carbocycles. The second kappa shape index (κ2) is 7.98. The van der Waals surface area contributed by atoms with E-state index in [4.69, 9.17) is 4.74 Å². The van der Waals surface area contributed by atoms with Gasteiger partial charge >= 0.3 is 0 Å². The molecule has 0 bridgehead atoms. The summed E-state index contributed by atoms with van der Waals surface area (Å²) in [4.78, 5) is 2.54. The molecule has 0 unspecified atom stereocenters. The average Bonchev–Trinajstić information content (AvgIpc) is 2.48.